The number of amides is 2. The monoisotopic (exact) mass is 527 g/mol. The zero-order valence-corrected chi connectivity index (χ0v) is 20.8. The number of carboxylic acids is 1. The summed E-state index contributed by atoms with van der Waals surface area (Å²) in [6.07, 6.45) is 0. The van der Waals surface area contributed by atoms with Crippen LogP contribution in [0.3, 0.4) is 0 Å². The maximum atomic E-state index is 14.5. The van der Waals surface area contributed by atoms with Gasteiger partial charge in [-0.1, -0.05) is 24.3 Å². The molecule has 0 fully saturated rings. The van der Waals surface area contributed by atoms with Crippen LogP contribution in [-0.4, -0.2) is 51.3 Å². The number of ether oxygens (including phenoxy) is 1. The van der Waals surface area contributed by atoms with Crippen molar-refractivity contribution < 1.29 is 38.8 Å². The van der Waals surface area contributed by atoms with E-state index in [0.29, 0.717) is 21.4 Å². The number of hydrogen-bond donors (Lipinski definition) is 5. The molecule has 0 saturated carbocycles. The lowest BCUT2D eigenvalue weighted by Gasteiger charge is -2.17. The number of halogens is 1. The van der Waals surface area contributed by atoms with Gasteiger partial charge in [0.15, 0.2) is 5.75 Å². The molecule has 11 nitrogen and oxygen atoms in total. The minimum absolute atomic E-state index is 0.0497. The molecular formula is C26H26FN3O8. The molecular weight excluding hydrogens is 501 g/mol. The second kappa shape index (κ2) is 11.5. The highest BCUT2D eigenvalue weighted by Crippen LogP contribution is 2.30. The van der Waals surface area contributed by atoms with E-state index in [0.717, 1.165) is 5.56 Å². The molecule has 5 N–H and O–H groups in total. The number of carbonyl (C=O) groups is 3. The summed E-state index contributed by atoms with van der Waals surface area (Å²) in [5.74, 6) is -6.22. The average Bonchev–Trinajstić information content (AvgIpc) is 2.85. The van der Waals surface area contributed by atoms with Crippen molar-refractivity contribution in [2.24, 2.45) is 0 Å². The van der Waals surface area contributed by atoms with Crippen LogP contribution in [0.15, 0.2) is 41.2 Å². The molecule has 0 unspecified atom stereocenters. The SMILES string of the molecule is COc1cc(C)ccc1CNC(=O)c1c(O)c(C(=O)NCC(=O)O)c(=O)n(Cc2ccc(C)cc2F)c1O. The van der Waals surface area contributed by atoms with E-state index >= 15 is 0 Å². The van der Waals surface area contributed by atoms with E-state index in [1.54, 1.807) is 31.2 Å². The van der Waals surface area contributed by atoms with Crippen LogP contribution in [0.25, 0.3) is 0 Å². The Kier molecular flexibility index (Phi) is 8.36. The number of nitrogens with one attached hydrogen (secondary N) is 2. The van der Waals surface area contributed by atoms with Gasteiger partial charge < -0.3 is 30.7 Å². The van der Waals surface area contributed by atoms with Crippen LogP contribution in [0, 0.1) is 19.7 Å². The molecule has 200 valence electrons. The number of aromatic nitrogens is 1. The number of aryl methyl sites for hydroxylation is 2. The zero-order valence-electron chi connectivity index (χ0n) is 20.8. The maximum Gasteiger partial charge on any atom is 0.322 e. The summed E-state index contributed by atoms with van der Waals surface area (Å²) < 4.78 is 20.4. The van der Waals surface area contributed by atoms with Crippen molar-refractivity contribution in [1.82, 2.24) is 15.2 Å². The fraction of sp³-hybridized carbons (Fsp3) is 0.231. The van der Waals surface area contributed by atoms with Crippen LogP contribution in [0.2, 0.25) is 0 Å². The first-order valence-corrected chi connectivity index (χ1v) is 11.3. The molecule has 1 aromatic heterocycles. The maximum absolute atomic E-state index is 14.5. The molecule has 1 heterocycles. The number of aromatic hydroxyl groups is 2. The summed E-state index contributed by atoms with van der Waals surface area (Å²) in [7, 11) is 1.44. The summed E-state index contributed by atoms with van der Waals surface area (Å²) in [5.41, 5.74) is -1.09. The van der Waals surface area contributed by atoms with Gasteiger partial charge in [-0.3, -0.25) is 23.7 Å². The van der Waals surface area contributed by atoms with Crippen molar-refractivity contribution in [1.29, 1.82) is 0 Å². The third-order valence-electron chi connectivity index (χ3n) is 5.69. The van der Waals surface area contributed by atoms with Gasteiger partial charge in [0.1, 0.15) is 29.2 Å². The van der Waals surface area contributed by atoms with E-state index in [4.69, 9.17) is 9.84 Å². The number of carbonyl (C=O) groups excluding carboxylic acids is 2. The number of carboxylic acid groups (broad SMARTS) is 1. The number of benzene rings is 2. The first kappa shape index (κ1) is 27.7. The smallest absolute Gasteiger partial charge is 0.322 e. The Balaban J connectivity index is 2.09. The van der Waals surface area contributed by atoms with Crippen molar-refractivity contribution in [3.63, 3.8) is 0 Å². The van der Waals surface area contributed by atoms with Gasteiger partial charge in [0.05, 0.1) is 13.7 Å². The molecule has 0 radical (unpaired) electrons. The fourth-order valence-corrected chi connectivity index (χ4v) is 3.72. The van der Waals surface area contributed by atoms with Crippen LogP contribution < -0.4 is 20.9 Å². The lowest BCUT2D eigenvalue weighted by molar-refractivity contribution is -0.135. The first-order valence-electron chi connectivity index (χ1n) is 11.3. The summed E-state index contributed by atoms with van der Waals surface area (Å²) in [4.78, 5) is 49.7. The second-order valence-electron chi connectivity index (χ2n) is 8.48. The van der Waals surface area contributed by atoms with E-state index in [9.17, 15) is 33.8 Å². The van der Waals surface area contributed by atoms with Crippen LogP contribution in [0.4, 0.5) is 4.39 Å². The Bertz CT molecular complexity index is 1480. The number of aliphatic carboxylic acids is 1. The predicted molar refractivity (Wildman–Crippen MR) is 133 cm³/mol. The van der Waals surface area contributed by atoms with E-state index in [1.807, 2.05) is 12.2 Å². The highest BCUT2D eigenvalue weighted by atomic mass is 19.1. The molecule has 0 aliphatic heterocycles. The van der Waals surface area contributed by atoms with Crippen molar-refractivity contribution in [3.8, 4) is 17.4 Å². The summed E-state index contributed by atoms with van der Waals surface area (Å²) >= 11 is 0. The number of hydrogen-bond acceptors (Lipinski definition) is 7. The second-order valence-corrected chi connectivity index (χ2v) is 8.48. The van der Waals surface area contributed by atoms with Gasteiger partial charge in [0.25, 0.3) is 17.4 Å². The lowest BCUT2D eigenvalue weighted by Crippen LogP contribution is -2.37. The molecule has 0 aliphatic rings. The van der Waals surface area contributed by atoms with E-state index in [1.165, 1.54) is 19.2 Å². The summed E-state index contributed by atoms with van der Waals surface area (Å²) in [6.45, 7) is 1.89. The molecule has 0 spiro atoms. The largest absolute Gasteiger partial charge is 0.506 e. The lowest BCUT2D eigenvalue weighted by atomic mass is 10.1. The Labute approximate surface area is 216 Å². The highest BCUT2D eigenvalue weighted by molar-refractivity contribution is 6.05. The third-order valence-corrected chi connectivity index (χ3v) is 5.69. The zero-order chi connectivity index (χ0) is 28.1. The molecule has 3 aromatic rings. The third kappa shape index (κ3) is 5.91. The fourth-order valence-electron chi connectivity index (χ4n) is 3.72. The minimum Gasteiger partial charge on any atom is -0.506 e. The van der Waals surface area contributed by atoms with E-state index in [-0.39, 0.29) is 12.1 Å². The number of pyridine rings is 1. The van der Waals surface area contributed by atoms with Crippen LogP contribution in [0.1, 0.15) is 43.0 Å². The molecule has 0 saturated heterocycles. The van der Waals surface area contributed by atoms with Gasteiger partial charge in [-0.15, -0.1) is 0 Å². The average molecular weight is 528 g/mol. The predicted octanol–water partition coefficient (Wildman–Crippen LogP) is 1.82. The standard InChI is InChI=1S/C26H26FN3O8/c1-13-5-7-16(17(27)8-13)12-30-25(36)20(22(33)21(26(30)37)24(35)29-11-19(31)32)23(34)28-10-15-6-4-14(2)9-18(15)38-3/h4-9,33,36H,10-12H2,1-3H3,(H,28,34)(H,29,35)(H,31,32). The van der Waals surface area contributed by atoms with Crippen molar-refractivity contribution >= 4 is 17.8 Å². The number of methoxy groups -OCH3 is 1. The molecule has 2 amide bonds. The molecule has 3 rings (SSSR count). The van der Waals surface area contributed by atoms with Crippen molar-refractivity contribution in [3.05, 3.63) is 85.9 Å². The Morgan fingerprint density at radius 2 is 1.55 bits per heavy atom. The summed E-state index contributed by atoms with van der Waals surface area (Å²) in [5, 5.41) is 34.9. The molecule has 0 atom stereocenters. The first-order chi connectivity index (χ1) is 17.9. The highest BCUT2D eigenvalue weighted by Gasteiger charge is 2.30. The van der Waals surface area contributed by atoms with Crippen molar-refractivity contribution in [2.75, 3.05) is 13.7 Å². The van der Waals surface area contributed by atoms with Gasteiger partial charge >= 0.3 is 5.97 Å². The normalized spacial score (nSPS) is 10.6. The van der Waals surface area contributed by atoms with Crippen LogP contribution in [-0.2, 0) is 17.9 Å². The van der Waals surface area contributed by atoms with Crippen molar-refractivity contribution in [2.45, 2.75) is 26.9 Å². The Hall–Kier alpha value is -4.87. The topological polar surface area (TPSA) is 167 Å². The molecule has 38 heavy (non-hydrogen) atoms. The molecule has 12 heteroatoms. The van der Waals surface area contributed by atoms with E-state index in [2.05, 4.69) is 5.32 Å². The van der Waals surface area contributed by atoms with Gasteiger partial charge in [-0.2, -0.15) is 0 Å². The van der Waals surface area contributed by atoms with Gasteiger partial charge in [0, 0.05) is 17.7 Å². The Morgan fingerprint density at radius 1 is 0.947 bits per heavy atom. The number of nitrogens with zero attached hydrogens (tertiary/aromatic N) is 1. The van der Waals surface area contributed by atoms with Gasteiger partial charge in [0.2, 0.25) is 5.88 Å². The molecule has 0 aliphatic carbocycles. The quantitative estimate of drug-likeness (QED) is 0.281. The van der Waals surface area contributed by atoms with Crippen LogP contribution >= 0.6 is 0 Å². The molecule has 2 aromatic carbocycles. The van der Waals surface area contributed by atoms with Gasteiger partial charge in [-0.05, 0) is 37.1 Å². The van der Waals surface area contributed by atoms with E-state index < -0.39 is 65.0 Å². The number of rotatable bonds is 9. The minimum atomic E-state index is -1.43. The van der Waals surface area contributed by atoms with Gasteiger partial charge in [-0.25, -0.2) is 4.39 Å². The molecule has 0 bridgehead atoms. The Morgan fingerprint density at radius 3 is 2.16 bits per heavy atom. The summed E-state index contributed by atoms with van der Waals surface area (Å²) in [6, 6.07) is 9.32. The van der Waals surface area contributed by atoms with Crippen LogP contribution in [0.5, 0.6) is 17.4 Å².